The minimum absolute atomic E-state index is 0. The standard InChI is InChI=1S/C28H41N3O6S.Na/c1-3-5-6-18-36-27(23-10-14-24(32)15-11-23)9-7-8-26(38(33,34)35)19-21(4-2)22-12-16-25(17-13-22)37-20-31-28(29)30;/h7,9-17,21,26-27,32H,3-6,8,18-20H2,1-2H3,(H4,29,30,31)(H,33,34,35);/q;+1/p-1/b9-7+;/t21-,26-,27+;/m0./s1. The molecule has 0 amide bonds. The molecule has 0 aliphatic carbocycles. The van der Waals surface area contributed by atoms with Gasteiger partial charge in [-0.15, -0.1) is 0 Å². The second kappa shape index (κ2) is 18.3. The third-order valence-electron chi connectivity index (χ3n) is 6.26. The number of aromatic hydroxyl groups is 1. The van der Waals surface area contributed by atoms with E-state index in [1.54, 1.807) is 48.6 Å². The van der Waals surface area contributed by atoms with Crippen LogP contribution < -0.4 is 45.8 Å². The van der Waals surface area contributed by atoms with E-state index in [2.05, 4.69) is 11.9 Å². The number of hydrogen-bond donors (Lipinski definition) is 3. The van der Waals surface area contributed by atoms with Gasteiger partial charge in [-0.1, -0.05) is 63.1 Å². The third-order valence-corrected chi connectivity index (χ3v) is 7.46. The van der Waals surface area contributed by atoms with Gasteiger partial charge < -0.3 is 30.6 Å². The fourth-order valence-electron chi connectivity index (χ4n) is 4.05. The minimum atomic E-state index is -4.54. The van der Waals surface area contributed by atoms with Gasteiger partial charge in [0.25, 0.3) is 0 Å². The van der Waals surface area contributed by atoms with Crippen molar-refractivity contribution in [1.82, 2.24) is 0 Å². The smallest absolute Gasteiger partial charge is 0.748 e. The molecule has 3 atom stereocenters. The second-order valence-corrected chi connectivity index (χ2v) is 10.8. The Labute approximate surface area is 254 Å². The Morgan fingerprint density at radius 1 is 1.05 bits per heavy atom. The predicted molar refractivity (Wildman–Crippen MR) is 149 cm³/mol. The zero-order valence-corrected chi connectivity index (χ0v) is 26.0. The number of benzene rings is 2. The molecule has 0 heterocycles. The number of nitrogens with two attached hydrogens (primary N) is 2. The Morgan fingerprint density at radius 2 is 1.69 bits per heavy atom. The molecular formula is C28H40N3NaO6S. The Bertz CT molecular complexity index is 1120. The first-order valence-corrected chi connectivity index (χ1v) is 14.4. The molecule has 0 unspecified atom stereocenters. The van der Waals surface area contributed by atoms with Gasteiger partial charge in [-0.3, -0.25) is 0 Å². The molecule has 2 aromatic rings. The fraction of sp³-hybridized carbons (Fsp3) is 0.464. The number of allylic oxidation sites excluding steroid dienone is 1. The summed E-state index contributed by atoms with van der Waals surface area (Å²) in [6, 6.07) is 13.9. The molecule has 2 aromatic carbocycles. The zero-order valence-electron chi connectivity index (χ0n) is 23.2. The van der Waals surface area contributed by atoms with Crippen LogP contribution in [0.15, 0.2) is 65.7 Å². The number of aliphatic imine (C=N–C) groups is 1. The van der Waals surface area contributed by atoms with E-state index >= 15 is 0 Å². The predicted octanol–water partition coefficient (Wildman–Crippen LogP) is 1.70. The van der Waals surface area contributed by atoms with Crippen molar-refractivity contribution in [2.75, 3.05) is 13.3 Å². The largest absolute Gasteiger partial charge is 1.00 e. The summed E-state index contributed by atoms with van der Waals surface area (Å²) >= 11 is 0. The van der Waals surface area contributed by atoms with E-state index in [0.717, 1.165) is 30.4 Å². The van der Waals surface area contributed by atoms with Gasteiger partial charge in [0.15, 0.2) is 12.7 Å². The average Bonchev–Trinajstić information content (AvgIpc) is 2.87. The van der Waals surface area contributed by atoms with Crippen molar-refractivity contribution < 1.29 is 57.1 Å². The van der Waals surface area contributed by atoms with Crippen molar-refractivity contribution in [1.29, 1.82) is 0 Å². The SMILES string of the molecule is CCCCCO[C@H](/C=C/C[C@@H](C[C@H](CC)c1ccc(OCN=C(N)N)cc1)S(=O)(=O)[O-])c1ccc(O)cc1.[Na+]. The molecule has 0 aliphatic heterocycles. The number of phenolic OH excluding ortho intramolecular Hbond substituents is 1. The van der Waals surface area contributed by atoms with Gasteiger partial charge in [0.2, 0.25) is 0 Å². The topological polar surface area (TPSA) is 160 Å². The molecule has 39 heavy (non-hydrogen) atoms. The first kappa shape index (κ1) is 34.9. The normalized spacial score (nSPS) is 13.8. The van der Waals surface area contributed by atoms with Crippen LogP contribution in [0.4, 0.5) is 0 Å². The van der Waals surface area contributed by atoms with E-state index in [-0.39, 0.29) is 66.8 Å². The van der Waals surface area contributed by atoms with E-state index in [9.17, 15) is 18.1 Å². The van der Waals surface area contributed by atoms with Gasteiger partial charge in [-0.25, -0.2) is 13.4 Å². The maximum atomic E-state index is 12.2. The minimum Gasteiger partial charge on any atom is -0.748 e. The maximum absolute atomic E-state index is 12.2. The Hall–Kier alpha value is -2.08. The molecule has 2 rings (SSSR count). The Balaban J connectivity index is 0.00000760. The fourth-order valence-corrected chi connectivity index (χ4v) is 4.86. The van der Waals surface area contributed by atoms with Crippen LogP contribution in [0.5, 0.6) is 11.5 Å². The summed E-state index contributed by atoms with van der Waals surface area (Å²) in [6.45, 7) is 4.62. The number of nitrogens with zero attached hydrogens (tertiary/aromatic N) is 1. The maximum Gasteiger partial charge on any atom is 1.00 e. The van der Waals surface area contributed by atoms with Crippen molar-refractivity contribution in [3.63, 3.8) is 0 Å². The molecule has 0 aliphatic rings. The molecule has 0 aromatic heterocycles. The zero-order chi connectivity index (χ0) is 28.0. The first-order valence-electron chi connectivity index (χ1n) is 12.9. The van der Waals surface area contributed by atoms with E-state index in [4.69, 9.17) is 20.9 Å². The van der Waals surface area contributed by atoms with Crippen molar-refractivity contribution in [3.05, 3.63) is 71.8 Å². The van der Waals surface area contributed by atoms with Crippen molar-refractivity contribution in [2.24, 2.45) is 16.5 Å². The molecule has 210 valence electrons. The Morgan fingerprint density at radius 3 is 2.26 bits per heavy atom. The number of hydrogen-bond acceptors (Lipinski definition) is 7. The van der Waals surface area contributed by atoms with Gasteiger partial charge in [-0.05, 0) is 67.0 Å². The van der Waals surface area contributed by atoms with Crippen LogP contribution in [0.2, 0.25) is 0 Å². The summed E-state index contributed by atoms with van der Waals surface area (Å²) in [7, 11) is -4.54. The number of unbranched alkanes of at least 4 members (excludes halogenated alkanes) is 2. The van der Waals surface area contributed by atoms with Crippen LogP contribution in [0.25, 0.3) is 0 Å². The van der Waals surface area contributed by atoms with E-state index in [1.165, 1.54) is 0 Å². The van der Waals surface area contributed by atoms with E-state index < -0.39 is 21.5 Å². The van der Waals surface area contributed by atoms with E-state index in [1.807, 2.05) is 19.1 Å². The number of ether oxygens (including phenoxy) is 2. The van der Waals surface area contributed by atoms with Gasteiger partial charge in [0.1, 0.15) is 17.6 Å². The Kier molecular flexibility index (Phi) is 16.4. The van der Waals surface area contributed by atoms with Gasteiger partial charge in [0.05, 0.1) is 15.4 Å². The summed E-state index contributed by atoms with van der Waals surface area (Å²) in [5.41, 5.74) is 12.3. The molecule has 9 nitrogen and oxygen atoms in total. The molecule has 0 spiro atoms. The molecule has 0 fully saturated rings. The van der Waals surface area contributed by atoms with Crippen molar-refractivity contribution >= 4 is 16.1 Å². The van der Waals surface area contributed by atoms with Gasteiger partial charge >= 0.3 is 29.6 Å². The molecule has 11 heteroatoms. The van der Waals surface area contributed by atoms with Gasteiger partial charge in [-0.2, -0.15) is 0 Å². The van der Waals surface area contributed by atoms with Crippen LogP contribution in [0, 0.1) is 0 Å². The summed E-state index contributed by atoms with van der Waals surface area (Å²) in [5, 5.41) is 8.53. The van der Waals surface area contributed by atoms with Gasteiger partial charge in [0, 0.05) is 6.61 Å². The summed E-state index contributed by atoms with van der Waals surface area (Å²) in [4.78, 5) is 3.77. The monoisotopic (exact) mass is 569 g/mol. The number of guanidine groups is 1. The summed E-state index contributed by atoms with van der Waals surface area (Å²) < 4.78 is 48.0. The number of rotatable bonds is 17. The van der Waals surface area contributed by atoms with Crippen LogP contribution in [0.3, 0.4) is 0 Å². The van der Waals surface area contributed by atoms with Crippen molar-refractivity contribution in [3.8, 4) is 11.5 Å². The molecule has 5 N–H and O–H groups in total. The molecule has 0 radical (unpaired) electrons. The van der Waals surface area contributed by atoms with Crippen LogP contribution >= 0.6 is 0 Å². The average molecular weight is 570 g/mol. The molecular weight excluding hydrogens is 529 g/mol. The molecule has 0 saturated carbocycles. The van der Waals surface area contributed by atoms with Crippen LogP contribution in [0.1, 0.15) is 75.5 Å². The quantitative estimate of drug-likeness (QED) is 0.0648. The van der Waals surface area contributed by atoms with Crippen LogP contribution in [-0.4, -0.2) is 42.6 Å². The second-order valence-electron chi connectivity index (χ2n) is 9.14. The molecule has 0 saturated heterocycles. The molecule has 0 bridgehead atoms. The first-order chi connectivity index (χ1) is 18.1. The van der Waals surface area contributed by atoms with E-state index in [0.29, 0.717) is 18.8 Å². The summed E-state index contributed by atoms with van der Waals surface area (Å²) in [5.74, 6) is 0.536. The number of phenols is 1. The van der Waals surface area contributed by atoms with Crippen LogP contribution in [-0.2, 0) is 14.9 Å². The van der Waals surface area contributed by atoms with Crippen molar-refractivity contribution in [2.45, 2.75) is 69.6 Å². The summed E-state index contributed by atoms with van der Waals surface area (Å²) in [6.07, 6.45) is 7.06. The third kappa shape index (κ3) is 13.2.